The van der Waals surface area contributed by atoms with Crippen LogP contribution in [0.3, 0.4) is 0 Å². The lowest BCUT2D eigenvalue weighted by atomic mass is 9.90. The monoisotopic (exact) mass is 641 g/mol. The third-order valence-electron chi connectivity index (χ3n) is 9.12. The van der Waals surface area contributed by atoms with Crippen molar-refractivity contribution in [2.45, 2.75) is 56.2 Å². The summed E-state index contributed by atoms with van der Waals surface area (Å²) in [4.78, 5) is 22.2. The lowest BCUT2D eigenvalue weighted by Crippen LogP contribution is -2.58. The van der Waals surface area contributed by atoms with Crippen LogP contribution in [0.25, 0.3) is 0 Å². The summed E-state index contributed by atoms with van der Waals surface area (Å²) in [6, 6.07) is 10.7. The predicted octanol–water partition coefficient (Wildman–Crippen LogP) is 5.93. The van der Waals surface area contributed by atoms with Crippen molar-refractivity contribution in [1.82, 2.24) is 19.6 Å². The summed E-state index contributed by atoms with van der Waals surface area (Å²) in [5, 5.41) is 8.71. The Morgan fingerprint density at radius 1 is 0.841 bits per heavy atom. The van der Waals surface area contributed by atoms with Crippen molar-refractivity contribution in [2.75, 3.05) is 52.1 Å². The number of amides is 1. The lowest BCUT2D eigenvalue weighted by molar-refractivity contribution is -0.143. The Labute approximate surface area is 257 Å². The second kappa shape index (κ2) is 13.3. The molecule has 5 rings (SSSR count). The van der Waals surface area contributed by atoms with Gasteiger partial charge in [0.25, 0.3) is 5.91 Å². The molecule has 13 heteroatoms. The minimum atomic E-state index is -5.03. The fourth-order valence-corrected chi connectivity index (χ4v) is 7.20. The van der Waals surface area contributed by atoms with Gasteiger partial charge in [-0.1, -0.05) is 42.1 Å². The van der Waals surface area contributed by atoms with Gasteiger partial charge in [-0.15, -0.1) is 0 Å². The van der Waals surface area contributed by atoms with Crippen molar-refractivity contribution < 1.29 is 31.1 Å². The van der Waals surface area contributed by atoms with Gasteiger partial charge in [0, 0.05) is 69.5 Å². The molecule has 3 aliphatic heterocycles. The highest BCUT2D eigenvalue weighted by molar-refractivity contribution is 8.13. The van der Waals surface area contributed by atoms with Crippen molar-refractivity contribution in [2.24, 2.45) is 0 Å². The van der Waals surface area contributed by atoms with E-state index < -0.39 is 35.0 Å². The maximum Gasteiger partial charge on any atom is 0.416 e. The van der Waals surface area contributed by atoms with E-state index in [9.17, 15) is 31.1 Å². The molecule has 2 aromatic rings. The van der Waals surface area contributed by atoms with Crippen LogP contribution in [0.2, 0.25) is 0 Å². The molecule has 6 nitrogen and oxygen atoms in total. The first-order chi connectivity index (χ1) is 20.8. The summed E-state index contributed by atoms with van der Waals surface area (Å²) in [6.45, 7) is 5.44. The number of amidine groups is 1. The van der Waals surface area contributed by atoms with E-state index in [0.717, 1.165) is 51.3 Å². The van der Waals surface area contributed by atoms with Crippen molar-refractivity contribution >= 4 is 22.8 Å². The lowest BCUT2D eigenvalue weighted by Gasteiger charge is -2.47. The van der Waals surface area contributed by atoms with Gasteiger partial charge in [-0.3, -0.25) is 20.0 Å². The van der Waals surface area contributed by atoms with Crippen LogP contribution in [-0.2, 0) is 18.8 Å². The Kier molecular flexibility index (Phi) is 9.86. The van der Waals surface area contributed by atoms with E-state index in [-0.39, 0.29) is 24.7 Å². The van der Waals surface area contributed by atoms with Crippen LogP contribution in [0.15, 0.2) is 48.5 Å². The zero-order chi connectivity index (χ0) is 31.6. The molecule has 2 aromatic carbocycles. The number of hydrogen-bond acceptors (Lipinski definition) is 5. The maximum absolute atomic E-state index is 13.7. The second-order valence-electron chi connectivity index (χ2n) is 11.8. The molecule has 3 fully saturated rings. The minimum absolute atomic E-state index is 0.0556. The highest BCUT2D eigenvalue weighted by Crippen LogP contribution is 2.37. The van der Waals surface area contributed by atoms with Gasteiger partial charge in [0.1, 0.15) is 0 Å². The van der Waals surface area contributed by atoms with E-state index >= 15 is 0 Å². The molecule has 240 valence electrons. The third-order valence-corrected chi connectivity index (χ3v) is 9.77. The van der Waals surface area contributed by atoms with Gasteiger partial charge in [0.05, 0.1) is 11.1 Å². The standard InChI is InChI=1S/C31H37F6N5OS/c1-44-29(38)41-9-7-26(20-41)40-13-11-39(12-14-40)25-8-10-42(27(19-25)15-21-5-3-2-4-6-21)28(43)22-16-23(30(32,33)34)18-24(17-22)31(35,36)37/h2-6,16-18,25-27,38H,7-15,19-20H2,1H3. The van der Waals surface area contributed by atoms with Crippen LogP contribution < -0.4 is 0 Å². The number of nitrogens with zero attached hydrogens (tertiary/aromatic N) is 4. The predicted molar refractivity (Wildman–Crippen MR) is 159 cm³/mol. The minimum Gasteiger partial charge on any atom is -0.350 e. The summed E-state index contributed by atoms with van der Waals surface area (Å²) in [7, 11) is 0. The molecular formula is C31H37F6N5OS. The van der Waals surface area contributed by atoms with Crippen LogP contribution in [0.4, 0.5) is 26.3 Å². The van der Waals surface area contributed by atoms with E-state index in [4.69, 9.17) is 5.41 Å². The van der Waals surface area contributed by atoms with E-state index in [2.05, 4.69) is 14.7 Å². The molecular weight excluding hydrogens is 604 g/mol. The molecule has 3 atom stereocenters. The average Bonchev–Trinajstić information content (AvgIpc) is 3.50. The fourth-order valence-electron chi connectivity index (χ4n) is 6.77. The van der Waals surface area contributed by atoms with Crippen LogP contribution in [0.5, 0.6) is 0 Å². The van der Waals surface area contributed by atoms with Gasteiger partial charge in [-0.25, -0.2) is 0 Å². The molecule has 0 radical (unpaired) electrons. The van der Waals surface area contributed by atoms with Crippen molar-refractivity contribution in [3.63, 3.8) is 0 Å². The molecule has 1 N–H and O–H groups in total. The number of piperidine rings is 1. The second-order valence-corrected chi connectivity index (χ2v) is 12.6. The van der Waals surface area contributed by atoms with Crippen LogP contribution >= 0.6 is 11.8 Å². The van der Waals surface area contributed by atoms with Gasteiger partial charge in [-0.2, -0.15) is 26.3 Å². The average molecular weight is 642 g/mol. The maximum atomic E-state index is 13.7. The number of likely N-dealkylation sites (tertiary alicyclic amines) is 2. The molecule has 1 amide bonds. The number of rotatable bonds is 5. The number of nitrogens with one attached hydrogen (secondary N) is 1. The normalized spacial score (nSPS) is 24.1. The Morgan fingerprint density at radius 3 is 1.98 bits per heavy atom. The molecule has 0 saturated carbocycles. The van der Waals surface area contributed by atoms with E-state index in [1.807, 2.05) is 36.6 Å². The number of carbonyl (C=O) groups is 1. The summed E-state index contributed by atoms with van der Waals surface area (Å²) >= 11 is 1.45. The number of thioether (sulfide) groups is 1. The first-order valence-corrected chi connectivity index (χ1v) is 16.1. The number of piperazine rings is 1. The summed E-state index contributed by atoms with van der Waals surface area (Å²) in [6.07, 6.45) is -5.50. The molecule has 44 heavy (non-hydrogen) atoms. The van der Waals surface area contributed by atoms with Crippen LogP contribution in [-0.4, -0.2) is 101 Å². The van der Waals surface area contributed by atoms with Crippen molar-refractivity contribution in [3.05, 3.63) is 70.8 Å². The molecule has 0 aromatic heterocycles. The Balaban J connectivity index is 1.31. The Hall–Kier alpha value is -2.77. The van der Waals surface area contributed by atoms with E-state index in [1.54, 1.807) is 0 Å². The SMILES string of the molecule is CSC(=N)N1CCC(N2CCN(C3CCN(C(=O)c4cc(C(F)(F)F)cc(C(F)(F)F)c4)C(Cc4ccccc4)C3)CC2)C1. The summed E-state index contributed by atoms with van der Waals surface area (Å²) in [5.74, 6) is -0.813. The Morgan fingerprint density at radius 2 is 1.41 bits per heavy atom. The number of hydrogen-bond donors (Lipinski definition) is 1. The van der Waals surface area contributed by atoms with Gasteiger partial charge >= 0.3 is 12.4 Å². The number of alkyl halides is 6. The molecule has 0 spiro atoms. The van der Waals surface area contributed by atoms with Crippen molar-refractivity contribution in [3.8, 4) is 0 Å². The molecule has 3 saturated heterocycles. The smallest absolute Gasteiger partial charge is 0.350 e. The first-order valence-electron chi connectivity index (χ1n) is 14.8. The van der Waals surface area contributed by atoms with Crippen molar-refractivity contribution in [1.29, 1.82) is 5.41 Å². The molecule has 3 heterocycles. The highest BCUT2D eigenvalue weighted by atomic mass is 32.2. The van der Waals surface area contributed by atoms with Gasteiger partial charge < -0.3 is 9.80 Å². The van der Waals surface area contributed by atoms with Gasteiger partial charge in [0.15, 0.2) is 5.17 Å². The number of carbonyl (C=O) groups excluding carboxylic acids is 1. The zero-order valence-electron chi connectivity index (χ0n) is 24.5. The summed E-state index contributed by atoms with van der Waals surface area (Å²) < 4.78 is 81.3. The van der Waals surface area contributed by atoms with Gasteiger partial charge in [0.2, 0.25) is 0 Å². The molecule has 0 bridgehead atoms. The topological polar surface area (TPSA) is 53.9 Å². The largest absolute Gasteiger partial charge is 0.416 e. The van der Waals surface area contributed by atoms with E-state index in [1.165, 1.54) is 16.7 Å². The molecule has 3 aliphatic rings. The highest BCUT2D eigenvalue weighted by Gasteiger charge is 2.40. The summed E-state index contributed by atoms with van der Waals surface area (Å²) in [5.41, 5.74) is -2.63. The van der Waals surface area contributed by atoms with E-state index in [0.29, 0.717) is 42.6 Å². The third kappa shape index (κ3) is 7.54. The first kappa shape index (κ1) is 32.6. The fraction of sp³-hybridized carbons (Fsp3) is 0.548. The number of halogens is 6. The van der Waals surface area contributed by atoms with Gasteiger partial charge in [-0.05, 0) is 55.7 Å². The molecule has 3 unspecified atom stereocenters. The number of benzene rings is 2. The quantitative estimate of drug-likeness (QED) is 0.249. The van der Waals surface area contributed by atoms with Crippen LogP contribution in [0, 0.1) is 5.41 Å². The molecule has 0 aliphatic carbocycles. The van der Waals surface area contributed by atoms with Crippen LogP contribution in [0.1, 0.15) is 46.3 Å². The Bertz CT molecular complexity index is 1280. The zero-order valence-corrected chi connectivity index (χ0v) is 25.3.